The van der Waals surface area contributed by atoms with E-state index in [0.717, 1.165) is 16.7 Å². The molecule has 0 spiro atoms. The molecule has 1 atom stereocenters. The van der Waals surface area contributed by atoms with Crippen LogP contribution in [0.1, 0.15) is 33.1 Å². The van der Waals surface area contributed by atoms with Gasteiger partial charge in [0.15, 0.2) is 0 Å². The summed E-state index contributed by atoms with van der Waals surface area (Å²) in [7, 11) is -3.69. The predicted octanol–water partition coefficient (Wildman–Crippen LogP) is 5.32. The third kappa shape index (κ3) is 5.48. The molecule has 0 heterocycles. The zero-order valence-electron chi connectivity index (χ0n) is 18.1. The van der Waals surface area contributed by atoms with Crippen LogP contribution in [-0.4, -0.2) is 14.3 Å². The first-order chi connectivity index (χ1) is 15.9. The van der Waals surface area contributed by atoms with E-state index in [2.05, 4.69) is 10.0 Å². The van der Waals surface area contributed by atoms with Crippen molar-refractivity contribution in [3.8, 4) is 0 Å². The molecule has 2 N–H and O–H groups in total. The smallest absolute Gasteiger partial charge is 0.261 e. The minimum absolute atomic E-state index is 0.177. The molecule has 4 aromatic rings. The lowest BCUT2D eigenvalue weighted by atomic mass is 9.97. The van der Waals surface area contributed by atoms with Crippen molar-refractivity contribution in [1.82, 2.24) is 5.32 Å². The van der Waals surface area contributed by atoms with Crippen molar-refractivity contribution in [2.45, 2.75) is 17.9 Å². The summed E-state index contributed by atoms with van der Waals surface area (Å²) in [6, 6.07) is 32.0. The molecule has 33 heavy (non-hydrogen) atoms. The van der Waals surface area contributed by atoms with E-state index in [0.29, 0.717) is 11.3 Å². The Hall–Kier alpha value is -3.90. The minimum Gasteiger partial charge on any atom is -0.341 e. The molecule has 0 aliphatic heterocycles. The van der Waals surface area contributed by atoms with Crippen LogP contribution in [0.25, 0.3) is 0 Å². The van der Waals surface area contributed by atoms with Gasteiger partial charge in [-0.3, -0.25) is 9.52 Å². The van der Waals surface area contributed by atoms with E-state index in [4.69, 9.17) is 0 Å². The molecule has 1 amide bonds. The summed E-state index contributed by atoms with van der Waals surface area (Å²) in [6.07, 6.45) is 0. The highest BCUT2D eigenvalue weighted by Crippen LogP contribution is 2.23. The molecule has 5 nitrogen and oxygen atoms in total. The summed E-state index contributed by atoms with van der Waals surface area (Å²) < 4.78 is 27.6. The fourth-order valence-corrected chi connectivity index (χ4v) is 4.56. The molecule has 0 saturated heterocycles. The molecule has 6 heteroatoms. The lowest BCUT2D eigenvalue weighted by molar-refractivity contribution is 0.0943. The number of benzene rings is 4. The van der Waals surface area contributed by atoms with Crippen molar-refractivity contribution in [3.05, 3.63) is 131 Å². The average molecular weight is 457 g/mol. The average Bonchev–Trinajstić information content (AvgIpc) is 2.84. The Morgan fingerprint density at radius 1 is 0.697 bits per heavy atom. The second kappa shape index (κ2) is 9.71. The molecule has 0 unspecified atom stereocenters. The Morgan fingerprint density at radius 2 is 1.24 bits per heavy atom. The first kappa shape index (κ1) is 22.3. The van der Waals surface area contributed by atoms with Gasteiger partial charge in [-0.15, -0.1) is 0 Å². The summed E-state index contributed by atoms with van der Waals surface area (Å²) in [5.41, 5.74) is 3.92. The van der Waals surface area contributed by atoms with Crippen LogP contribution < -0.4 is 10.0 Å². The second-order valence-corrected chi connectivity index (χ2v) is 9.41. The fourth-order valence-electron chi connectivity index (χ4n) is 3.48. The monoisotopic (exact) mass is 456 g/mol. The lowest BCUT2D eigenvalue weighted by Crippen LogP contribution is -2.29. The number of hydrogen-bond acceptors (Lipinski definition) is 3. The van der Waals surface area contributed by atoms with Gasteiger partial charge in [0.1, 0.15) is 0 Å². The highest BCUT2D eigenvalue weighted by atomic mass is 32.2. The molecule has 166 valence electrons. The Morgan fingerprint density at radius 3 is 1.85 bits per heavy atom. The number of aryl methyl sites for hydroxylation is 1. The van der Waals surface area contributed by atoms with Gasteiger partial charge in [-0.1, -0.05) is 78.4 Å². The molecule has 0 fully saturated rings. The number of sulfonamides is 1. The largest absolute Gasteiger partial charge is 0.341 e. The van der Waals surface area contributed by atoms with Gasteiger partial charge in [0.2, 0.25) is 0 Å². The molecule has 0 radical (unpaired) electrons. The molecule has 4 rings (SSSR count). The predicted molar refractivity (Wildman–Crippen MR) is 131 cm³/mol. The SMILES string of the molecule is Cc1ccc([C@H](NC(=O)c2ccc(NS(=O)(=O)c3ccccc3)cc2)c2ccccc2)cc1. The van der Waals surface area contributed by atoms with Crippen LogP contribution in [0.2, 0.25) is 0 Å². The molecule has 0 aliphatic rings. The van der Waals surface area contributed by atoms with Gasteiger partial charge in [-0.25, -0.2) is 8.42 Å². The molecular weight excluding hydrogens is 432 g/mol. The Kier molecular flexibility index (Phi) is 6.56. The van der Waals surface area contributed by atoms with E-state index in [1.165, 1.54) is 12.1 Å². The number of carbonyl (C=O) groups is 1. The van der Waals surface area contributed by atoms with E-state index >= 15 is 0 Å². The van der Waals surface area contributed by atoms with E-state index in [1.54, 1.807) is 42.5 Å². The number of carbonyl (C=O) groups excluding carboxylic acids is 1. The highest BCUT2D eigenvalue weighted by molar-refractivity contribution is 7.92. The number of rotatable bonds is 7. The van der Waals surface area contributed by atoms with Crippen LogP contribution in [0.5, 0.6) is 0 Å². The summed E-state index contributed by atoms with van der Waals surface area (Å²) in [5, 5.41) is 3.10. The van der Waals surface area contributed by atoms with Crippen LogP contribution in [0.3, 0.4) is 0 Å². The Balaban J connectivity index is 1.52. The highest BCUT2D eigenvalue weighted by Gasteiger charge is 2.18. The van der Waals surface area contributed by atoms with Gasteiger partial charge in [0, 0.05) is 11.3 Å². The summed E-state index contributed by atoms with van der Waals surface area (Å²) >= 11 is 0. The maximum absolute atomic E-state index is 13.0. The van der Waals surface area contributed by atoms with Crippen LogP contribution in [-0.2, 0) is 10.0 Å². The number of nitrogens with one attached hydrogen (secondary N) is 2. The minimum atomic E-state index is -3.69. The van der Waals surface area contributed by atoms with E-state index < -0.39 is 10.0 Å². The van der Waals surface area contributed by atoms with Crippen molar-refractivity contribution < 1.29 is 13.2 Å². The van der Waals surface area contributed by atoms with Gasteiger partial charge < -0.3 is 5.32 Å². The molecular formula is C27H24N2O3S. The fraction of sp³-hybridized carbons (Fsp3) is 0.0741. The first-order valence-corrected chi connectivity index (χ1v) is 12.0. The maximum atomic E-state index is 13.0. The summed E-state index contributed by atoms with van der Waals surface area (Å²) in [4.78, 5) is 13.2. The third-order valence-corrected chi connectivity index (χ3v) is 6.67. The van der Waals surface area contributed by atoms with E-state index in [-0.39, 0.29) is 16.8 Å². The standard InChI is InChI=1S/C27H24N2O3S/c1-20-12-14-22(15-13-20)26(21-8-4-2-5-9-21)28-27(30)23-16-18-24(19-17-23)29-33(31,32)25-10-6-3-7-11-25/h2-19,26,29H,1H3,(H,28,30)/t26-/m1/s1. The second-order valence-electron chi connectivity index (χ2n) is 7.72. The normalized spacial score (nSPS) is 12.0. The topological polar surface area (TPSA) is 75.3 Å². The van der Waals surface area contributed by atoms with Crippen molar-refractivity contribution in [1.29, 1.82) is 0 Å². The van der Waals surface area contributed by atoms with Crippen LogP contribution >= 0.6 is 0 Å². The molecule has 0 saturated carbocycles. The van der Waals surface area contributed by atoms with Crippen molar-refractivity contribution in [3.63, 3.8) is 0 Å². The van der Waals surface area contributed by atoms with Crippen molar-refractivity contribution >= 4 is 21.6 Å². The first-order valence-electron chi connectivity index (χ1n) is 10.5. The van der Waals surface area contributed by atoms with Crippen LogP contribution in [0.4, 0.5) is 5.69 Å². The van der Waals surface area contributed by atoms with E-state index in [9.17, 15) is 13.2 Å². The van der Waals surface area contributed by atoms with Crippen LogP contribution in [0.15, 0.2) is 114 Å². The zero-order valence-corrected chi connectivity index (χ0v) is 18.9. The Labute approximate surface area is 194 Å². The zero-order chi connectivity index (χ0) is 23.3. The third-order valence-electron chi connectivity index (χ3n) is 5.27. The van der Waals surface area contributed by atoms with Crippen LogP contribution in [0, 0.1) is 6.92 Å². The molecule has 0 bridgehead atoms. The summed E-state index contributed by atoms with van der Waals surface area (Å²) in [5.74, 6) is -0.248. The van der Waals surface area contributed by atoms with Gasteiger partial charge >= 0.3 is 0 Å². The number of hydrogen-bond donors (Lipinski definition) is 2. The van der Waals surface area contributed by atoms with Crippen molar-refractivity contribution in [2.24, 2.45) is 0 Å². The molecule has 0 aromatic heterocycles. The number of anilines is 1. The molecule has 4 aromatic carbocycles. The lowest BCUT2D eigenvalue weighted by Gasteiger charge is -2.20. The van der Waals surface area contributed by atoms with E-state index in [1.807, 2.05) is 61.5 Å². The van der Waals surface area contributed by atoms with Crippen molar-refractivity contribution in [2.75, 3.05) is 4.72 Å². The van der Waals surface area contributed by atoms with Gasteiger partial charge in [-0.05, 0) is 54.4 Å². The maximum Gasteiger partial charge on any atom is 0.261 e. The Bertz CT molecular complexity index is 1320. The number of amides is 1. The van der Waals surface area contributed by atoms with Gasteiger partial charge in [-0.2, -0.15) is 0 Å². The summed E-state index contributed by atoms with van der Waals surface area (Å²) in [6.45, 7) is 2.02. The quantitative estimate of drug-likeness (QED) is 0.395. The van der Waals surface area contributed by atoms with Gasteiger partial charge in [0.05, 0.1) is 10.9 Å². The van der Waals surface area contributed by atoms with Gasteiger partial charge in [0.25, 0.3) is 15.9 Å². The molecule has 0 aliphatic carbocycles.